The molecule has 0 aromatic heterocycles. The number of hydrogen-bond donors (Lipinski definition) is 2. The Kier molecular flexibility index (Phi) is 5.47. The van der Waals surface area contributed by atoms with Crippen LogP contribution in [0.3, 0.4) is 0 Å². The number of nitrogens with zero attached hydrogens (tertiary/aromatic N) is 1. The average molecular weight is 357 g/mol. The third kappa shape index (κ3) is 3.68. The molecule has 1 aromatic rings. The van der Waals surface area contributed by atoms with Gasteiger partial charge in [-0.1, -0.05) is 22.9 Å². The van der Waals surface area contributed by atoms with E-state index in [1.807, 2.05) is 0 Å². The van der Waals surface area contributed by atoms with Gasteiger partial charge in [0, 0.05) is 17.1 Å². The molecule has 1 aromatic carbocycles. The summed E-state index contributed by atoms with van der Waals surface area (Å²) in [5.74, 6) is -0.127. The van der Waals surface area contributed by atoms with E-state index in [0.717, 1.165) is 19.5 Å². The standard InChI is InChI=1S/C15H21BrN2O3/c1-3-18-6-4-5-11(18)9-17-15(20)12-7-10(16)8-13(21-2)14(12)19/h7-8,11,19H,3-6,9H2,1-2H3,(H,17,20)/t11-/m0/s1. The largest absolute Gasteiger partial charge is 0.504 e. The fraction of sp³-hybridized carbons (Fsp3) is 0.533. The van der Waals surface area contributed by atoms with E-state index >= 15 is 0 Å². The molecule has 0 unspecified atom stereocenters. The fourth-order valence-corrected chi connectivity index (χ4v) is 3.19. The van der Waals surface area contributed by atoms with Gasteiger partial charge in [-0.25, -0.2) is 0 Å². The predicted molar refractivity (Wildman–Crippen MR) is 85.0 cm³/mol. The molecule has 1 aliphatic rings. The Labute approximate surface area is 133 Å². The lowest BCUT2D eigenvalue weighted by atomic mass is 10.1. The lowest BCUT2D eigenvalue weighted by Crippen LogP contribution is -2.40. The summed E-state index contributed by atoms with van der Waals surface area (Å²) in [6.07, 6.45) is 2.27. The van der Waals surface area contributed by atoms with Crippen LogP contribution in [0.2, 0.25) is 0 Å². The molecule has 2 rings (SSSR count). The molecule has 1 fully saturated rings. The van der Waals surface area contributed by atoms with E-state index in [9.17, 15) is 9.90 Å². The number of rotatable bonds is 5. The van der Waals surface area contributed by atoms with Crippen molar-refractivity contribution in [3.05, 3.63) is 22.2 Å². The SMILES string of the molecule is CCN1CCC[C@H]1CNC(=O)c1cc(Br)cc(OC)c1O. The van der Waals surface area contributed by atoms with Crippen LogP contribution in [-0.2, 0) is 0 Å². The minimum atomic E-state index is -0.282. The number of nitrogens with one attached hydrogen (secondary N) is 1. The number of aromatic hydroxyl groups is 1. The van der Waals surface area contributed by atoms with Crippen LogP contribution >= 0.6 is 15.9 Å². The quantitative estimate of drug-likeness (QED) is 0.850. The van der Waals surface area contributed by atoms with Crippen molar-refractivity contribution in [3.63, 3.8) is 0 Å². The van der Waals surface area contributed by atoms with Crippen LogP contribution < -0.4 is 10.1 Å². The number of likely N-dealkylation sites (N-methyl/N-ethyl adjacent to an activating group) is 1. The summed E-state index contributed by atoms with van der Waals surface area (Å²) < 4.78 is 5.75. The Balaban J connectivity index is 2.05. The summed E-state index contributed by atoms with van der Waals surface area (Å²) in [5.41, 5.74) is 0.224. The molecule has 116 valence electrons. The van der Waals surface area contributed by atoms with Crippen molar-refractivity contribution in [2.24, 2.45) is 0 Å². The Hall–Kier alpha value is -1.27. The van der Waals surface area contributed by atoms with E-state index in [0.29, 0.717) is 17.1 Å². The first-order valence-electron chi connectivity index (χ1n) is 7.15. The van der Waals surface area contributed by atoms with Gasteiger partial charge in [-0.3, -0.25) is 9.69 Å². The summed E-state index contributed by atoms with van der Waals surface area (Å²) in [6.45, 7) is 4.82. The Morgan fingerprint density at radius 3 is 3.00 bits per heavy atom. The van der Waals surface area contributed by atoms with Crippen molar-refractivity contribution in [1.82, 2.24) is 10.2 Å². The number of ether oxygens (including phenoxy) is 1. The van der Waals surface area contributed by atoms with Gasteiger partial charge < -0.3 is 15.2 Å². The van der Waals surface area contributed by atoms with E-state index in [1.165, 1.54) is 13.5 Å². The van der Waals surface area contributed by atoms with Gasteiger partial charge in [-0.2, -0.15) is 0 Å². The zero-order chi connectivity index (χ0) is 15.4. The molecule has 1 heterocycles. The van der Waals surface area contributed by atoms with Crippen molar-refractivity contribution in [1.29, 1.82) is 0 Å². The van der Waals surface area contributed by atoms with Crippen LogP contribution in [0.4, 0.5) is 0 Å². The molecule has 2 N–H and O–H groups in total. The molecule has 0 bridgehead atoms. The second kappa shape index (κ2) is 7.13. The second-order valence-corrected chi connectivity index (χ2v) is 6.05. The van der Waals surface area contributed by atoms with Gasteiger partial charge in [0.25, 0.3) is 5.91 Å². The zero-order valence-corrected chi connectivity index (χ0v) is 13.9. The number of phenolic OH excluding ortho intramolecular Hbond substituents is 1. The Morgan fingerprint density at radius 2 is 2.33 bits per heavy atom. The molecule has 1 atom stereocenters. The first kappa shape index (κ1) is 16.1. The molecular weight excluding hydrogens is 336 g/mol. The molecule has 6 heteroatoms. The maximum Gasteiger partial charge on any atom is 0.255 e. The highest BCUT2D eigenvalue weighted by molar-refractivity contribution is 9.10. The molecule has 0 spiro atoms. The smallest absolute Gasteiger partial charge is 0.255 e. The van der Waals surface area contributed by atoms with E-state index in [1.54, 1.807) is 12.1 Å². The fourth-order valence-electron chi connectivity index (χ4n) is 2.75. The number of likely N-dealkylation sites (tertiary alicyclic amines) is 1. The van der Waals surface area contributed by atoms with Gasteiger partial charge in [-0.15, -0.1) is 0 Å². The average Bonchev–Trinajstić information content (AvgIpc) is 2.94. The summed E-state index contributed by atoms with van der Waals surface area (Å²) >= 11 is 3.32. The molecule has 5 nitrogen and oxygen atoms in total. The van der Waals surface area contributed by atoms with Crippen LogP contribution in [0.5, 0.6) is 11.5 Å². The number of carbonyl (C=O) groups excluding carboxylic acids is 1. The monoisotopic (exact) mass is 356 g/mol. The number of phenols is 1. The van der Waals surface area contributed by atoms with Crippen LogP contribution in [0.25, 0.3) is 0 Å². The van der Waals surface area contributed by atoms with Gasteiger partial charge in [0.15, 0.2) is 11.5 Å². The van der Waals surface area contributed by atoms with Crippen molar-refractivity contribution >= 4 is 21.8 Å². The summed E-state index contributed by atoms with van der Waals surface area (Å²) in [7, 11) is 1.46. The van der Waals surface area contributed by atoms with E-state index in [4.69, 9.17) is 4.74 Å². The van der Waals surface area contributed by atoms with E-state index in [2.05, 4.69) is 33.1 Å². The molecule has 1 saturated heterocycles. The van der Waals surface area contributed by atoms with Gasteiger partial charge in [0.1, 0.15) is 0 Å². The zero-order valence-electron chi connectivity index (χ0n) is 12.4. The summed E-state index contributed by atoms with van der Waals surface area (Å²) in [5, 5.41) is 13.0. The highest BCUT2D eigenvalue weighted by Crippen LogP contribution is 2.33. The van der Waals surface area contributed by atoms with Crippen molar-refractivity contribution in [2.45, 2.75) is 25.8 Å². The van der Waals surface area contributed by atoms with Crippen LogP contribution in [0, 0.1) is 0 Å². The third-order valence-corrected chi connectivity index (χ3v) is 4.37. The van der Waals surface area contributed by atoms with Gasteiger partial charge >= 0.3 is 0 Å². The normalized spacial score (nSPS) is 18.7. The van der Waals surface area contributed by atoms with Crippen LogP contribution in [0.15, 0.2) is 16.6 Å². The van der Waals surface area contributed by atoms with Crippen molar-refractivity contribution in [3.8, 4) is 11.5 Å². The topological polar surface area (TPSA) is 61.8 Å². The maximum atomic E-state index is 12.3. The van der Waals surface area contributed by atoms with Crippen LogP contribution in [0.1, 0.15) is 30.1 Å². The molecule has 1 amide bonds. The molecule has 0 aliphatic carbocycles. The minimum Gasteiger partial charge on any atom is -0.504 e. The van der Waals surface area contributed by atoms with Gasteiger partial charge in [-0.05, 0) is 38.1 Å². The van der Waals surface area contributed by atoms with Crippen LogP contribution in [-0.4, -0.2) is 48.7 Å². The highest BCUT2D eigenvalue weighted by Gasteiger charge is 2.24. The predicted octanol–water partition coefficient (Wildman–Crippen LogP) is 2.38. The lowest BCUT2D eigenvalue weighted by Gasteiger charge is -2.23. The number of halogens is 1. The molecule has 0 radical (unpaired) electrons. The molecule has 21 heavy (non-hydrogen) atoms. The van der Waals surface area contributed by atoms with Crippen molar-refractivity contribution in [2.75, 3.05) is 26.7 Å². The molecule has 1 aliphatic heterocycles. The van der Waals surface area contributed by atoms with E-state index < -0.39 is 0 Å². The number of methoxy groups -OCH3 is 1. The van der Waals surface area contributed by atoms with Crippen molar-refractivity contribution < 1.29 is 14.6 Å². The molecule has 0 saturated carbocycles. The summed E-state index contributed by atoms with van der Waals surface area (Å²) in [6, 6.07) is 3.61. The van der Waals surface area contributed by atoms with Gasteiger partial charge in [0.2, 0.25) is 0 Å². The third-order valence-electron chi connectivity index (χ3n) is 3.91. The van der Waals surface area contributed by atoms with E-state index in [-0.39, 0.29) is 23.0 Å². The Bertz CT molecular complexity index is 522. The first-order valence-corrected chi connectivity index (χ1v) is 7.94. The number of hydrogen-bond acceptors (Lipinski definition) is 4. The number of amides is 1. The Morgan fingerprint density at radius 1 is 1.57 bits per heavy atom. The van der Waals surface area contributed by atoms with Gasteiger partial charge in [0.05, 0.1) is 12.7 Å². The summed E-state index contributed by atoms with van der Waals surface area (Å²) in [4.78, 5) is 14.6. The highest BCUT2D eigenvalue weighted by atomic mass is 79.9. The number of benzene rings is 1. The minimum absolute atomic E-state index is 0.128. The first-order chi connectivity index (χ1) is 10.1. The number of carbonyl (C=O) groups is 1. The molecular formula is C15H21BrN2O3. The second-order valence-electron chi connectivity index (χ2n) is 5.14. The maximum absolute atomic E-state index is 12.3. The lowest BCUT2D eigenvalue weighted by molar-refractivity contribution is 0.0938.